The molecular weight excluding hydrogens is 412 g/mol. The van der Waals surface area contributed by atoms with E-state index >= 15 is 0 Å². The normalized spacial score (nSPS) is 21.4. The van der Waals surface area contributed by atoms with E-state index in [0.29, 0.717) is 24.9 Å². The number of morpholine rings is 1. The van der Waals surface area contributed by atoms with Crippen LogP contribution in [0.5, 0.6) is 0 Å². The summed E-state index contributed by atoms with van der Waals surface area (Å²) < 4.78 is 5.50. The molecule has 6 heteroatoms. The quantitative estimate of drug-likeness (QED) is 0.598. The summed E-state index contributed by atoms with van der Waals surface area (Å²) in [7, 11) is 0. The standard InChI is InChI=1S/C27H32N4O2/c1-18-5-3-7-22(26-19(2)6-4-10-31(26)17-32)25(18)20-8-9-23-21(15-20)16-24(27(28)29-23)30-11-13-33-14-12-30/h3,5,7-9,15-17,19,26H,4,6,10-14H2,1-2H3,(H2,28,29). The van der Waals surface area contributed by atoms with Gasteiger partial charge in [0.15, 0.2) is 0 Å². The summed E-state index contributed by atoms with van der Waals surface area (Å²) in [5.41, 5.74) is 13.0. The van der Waals surface area contributed by atoms with Crippen LogP contribution in [0.3, 0.4) is 0 Å². The van der Waals surface area contributed by atoms with E-state index in [9.17, 15) is 4.79 Å². The number of anilines is 2. The van der Waals surface area contributed by atoms with Gasteiger partial charge in [-0.15, -0.1) is 0 Å². The van der Waals surface area contributed by atoms with Crippen molar-refractivity contribution >= 4 is 28.8 Å². The number of piperidine rings is 1. The maximum absolute atomic E-state index is 11.9. The summed E-state index contributed by atoms with van der Waals surface area (Å²) in [6, 6.07) is 15.1. The second-order valence-electron chi connectivity index (χ2n) is 9.35. The molecule has 6 nitrogen and oxygen atoms in total. The lowest BCUT2D eigenvalue weighted by Crippen LogP contribution is -2.37. The number of carbonyl (C=O) groups excluding carboxylic acids is 1. The zero-order valence-electron chi connectivity index (χ0n) is 19.5. The Morgan fingerprint density at radius 3 is 2.73 bits per heavy atom. The highest BCUT2D eigenvalue weighted by molar-refractivity contribution is 5.91. The number of ether oxygens (including phenoxy) is 1. The molecule has 3 heterocycles. The Labute approximate surface area is 195 Å². The Hall–Kier alpha value is -3.12. The zero-order chi connectivity index (χ0) is 22.9. The fourth-order valence-corrected chi connectivity index (χ4v) is 5.55. The minimum Gasteiger partial charge on any atom is -0.382 e. The molecule has 2 saturated heterocycles. The maximum Gasteiger partial charge on any atom is 0.210 e. The lowest BCUT2D eigenvalue weighted by atomic mass is 9.81. The van der Waals surface area contributed by atoms with Crippen molar-refractivity contribution in [3.05, 3.63) is 53.6 Å². The number of pyridine rings is 1. The first kappa shape index (κ1) is 21.7. The fraction of sp³-hybridized carbons (Fsp3) is 0.407. The summed E-state index contributed by atoms with van der Waals surface area (Å²) in [5, 5.41) is 1.07. The molecule has 0 radical (unpaired) electrons. The van der Waals surface area contributed by atoms with Gasteiger partial charge in [-0.25, -0.2) is 4.98 Å². The number of nitrogens with zero attached hydrogens (tertiary/aromatic N) is 3. The second kappa shape index (κ2) is 9.02. The molecule has 1 aromatic heterocycles. The Morgan fingerprint density at radius 1 is 1.12 bits per heavy atom. The smallest absolute Gasteiger partial charge is 0.210 e. The molecule has 2 aromatic carbocycles. The highest BCUT2D eigenvalue weighted by Gasteiger charge is 2.31. The lowest BCUT2D eigenvalue weighted by molar-refractivity contribution is -0.122. The van der Waals surface area contributed by atoms with Crippen LogP contribution in [0, 0.1) is 12.8 Å². The SMILES string of the molecule is Cc1cccc(C2C(C)CCCN2C=O)c1-c1ccc2nc(N)c(N3CCOCC3)cc2c1. The molecule has 2 fully saturated rings. The Balaban J connectivity index is 1.62. The molecule has 2 aliphatic rings. The average Bonchev–Trinajstić information content (AvgIpc) is 2.83. The molecule has 172 valence electrons. The molecule has 2 atom stereocenters. The largest absolute Gasteiger partial charge is 0.382 e. The summed E-state index contributed by atoms with van der Waals surface area (Å²) >= 11 is 0. The monoisotopic (exact) mass is 444 g/mol. The van der Waals surface area contributed by atoms with E-state index in [4.69, 9.17) is 15.5 Å². The first-order valence-electron chi connectivity index (χ1n) is 11.9. The highest BCUT2D eigenvalue weighted by atomic mass is 16.5. The number of likely N-dealkylation sites (tertiary alicyclic amines) is 1. The van der Waals surface area contributed by atoms with Crippen LogP contribution in [-0.2, 0) is 9.53 Å². The van der Waals surface area contributed by atoms with E-state index in [1.165, 1.54) is 16.7 Å². The van der Waals surface area contributed by atoms with Crippen LogP contribution in [0.4, 0.5) is 11.5 Å². The van der Waals surface area contributed by atoms with Crippen LogP contribution in [0.25, 0.3) is 22.0 Å². The van der Waals surface area contributed by atoms with Gasteiger partial charge in [0.1, 0.15) is 5.82 Å². The van der Waals surface area contributed by atoms with Crippen LogP contribution in [0.15, 0.2) is 42.5 Å². The van der Waals surface area contributed by atoms with Gasteiger partial charge in [-0.05, 0) is 66.1 Å². The number of aryl methyl sites for hydroxylation is 1. The molecule has 2 aliphatic heterocycles. The van der Waals surface area contributed by atoms with E-state index in [0.717, 1.165) is 61.0 Å². The van der Waals surface area contributed by atoms with Crippen molar-refractivity contribution in [1.82, 2.24) is 9.88 Å². The van der Waals surface area contributed by atoms with Crippen LogP contribution >= 0.6 is 0 Å². The lowest BCUT2D eigenvalue weighted by Gasteiger charge is -2.39. The molecule has 2 unspecified atom stereocenters. The Morgan fingerprint density at radius 2 is 1.94 bits per heavy atom. The van der Waals surface area contributed by atoms with Crippen molar-refractivity contribution in [2.75, 3.05) is 43.5 Å². The van der Waals surface area contributed by atoms with E-state index in [2.05, 4.69) is 61.2 Å². The van der Waals surface area contributed by atoms with Crippen LogP contribution < -0.4 is 10.6 Å². The molecule has 0 aliphatic carbocycles. The number of amides is 1. The molecule has 0 saturated carbocycles. The molecule has 5 rings (SSSR count). The van der Waals surface area contributed by atoms with Gasteiger partial charge in [-0.2, -0.15) is 0 Å². The second-order valence-corrected chi connectivity index (χ2v) is 9.35. The Kier molecular flexibility index (Phi) is 5.94. The molecule has 33 heavy (non-hydrogen) atoms. The molecule has 2 N–H and O–H groups in total. The van der Waals surface area contributed by atoms with Gasteiger partial charge >= 0.3 is 0 Å². The van der Waals surface area contributed by atoms with Gasteiger partial charge in [0.05, 0.1) is 30.5 Å². The molecule has 3 aromatic rings. The van der Waals surface area contributed by atoms with E-state index in [1.807, 2.05) is 4.90 Å². The minimum atomic E-state index is 0.0929. The number of hydrogen-bond acceptors (Lipinski definition) is 5. The number of nitrogens with two attached hydrogens (primary N) is 1. The first-order chi connectivity index (χ1) is 16.1. The van der Waals surface area contributed by atoms with Crippen molar-refractivity contribution in [3.63, 3.8) is 0 Å². The number of aromatic nitrogens is 1. The van der Waals surface area contributed by atoms with Crippen LogP contribution in [0.2, 0.25) is 0 Å². The number of nitrogen functional groups attached to an aromatic ring is 1. The molecule has 0 spiro atoms. The maximum atomic E-state index is 11.9. The zero-order valence-corrected chi connectivity index (χ0v) is 19.5. The Bertz CT molecular complexity index is 1170. The number of benzene rings is 2. The van der Waals surface area contributed by atoms with Gasteiger partial charge in [-0.1, -0.05) is 31.2 Å². The summed E-state index contributed by atoms with van der Waals surface area (Å²) in [6.07, 6.45) is 3.21. The number of rotatable bonds is 4. The van der Waals surface area contributed by atoms with Gasteiger partial charge < -0.3 is 20.3 Å². The predicted octanol–water partition coefficient (Wildman–Crippen LogP) is 4.56. The van der Waals surface area contributed by atoms with Crippen LogP contribution in [-0.4, -0.2) is 49.1 Å². The highest BCUT2D eigenvalue weighted by Crippen LogP contribution is 2.41. The number of carbonyl (C=O) groups is 1. The predicted molar refractivity (Wildman–Crippen MR) is 133 cm³/mol. The van der Waals surface area contributed by atoms with E-state index in [-0.39, 0.29) is 6.04 Å². The molecule has 0 bridgehead atoms. The van der Waals surface area contributed by atoms with Crippen molar-refractivity contribution in [1.29, 1.82) is 0 Å². The average molecular weight is 445 g/mol. The third-order valence-electron chi connectivity index (χ3n) is 7.19. The van der Waals surface area contributed by atoms with Gasteiger partial charge in [0, 0.05) is 25.0 Å². The summed E-state index contributed by atoms with van der Waals surface area (Å²) in [6.45, 7) is 8.28. The van der Waals surface area contributed by atoms with Crippen LogP contribution in [0.1, 0.15) is 36.9 Å². The molecular formula is C27H32N4O2. The fourth-order valence-electron chi connectivity index (χ4n) is 5.55. The van der Waals surface area contributed by atoms with Crippen molar-refractivity contribution < 1.29 is 9.53 Å². The first-order valence-corrected chi connectivity index (χ1v) is 11.9. The molecule has 1 amide bonds. The van der Waals surface area contributed by atoms with Crippen molar-refractivity contribution in [3.8, 4) is 11.1 Å². The van der Waals surface area contributed by atoms with Crippen molar-refractivity contribution in [2.24, 2.45) is 5.92 Å². The van der Waals surface area contributed by atoms with E-state index in [1.54, 1.807) is 0 Å². The minimum absolute atomic E-state index is 0.0929. The van der Waals surface area contributed by atoms with Crippen molar-refractivity contribution in [2.45, 2.75) is 32.7 Å². The third kappa shape index (κ3) is 4.04. The number of fused-ring (bicyclic) bond motifs is 1. The van der Waals surface area contributed by atoms with Gasteiger partial charge in [0.2, 0.25) is 6.41 Å². The third-order valence-corrected chi connectivity index (χ3v) is 7.19. The summed E-state index contributed by atoms with van der Waals surface area (Å²) in [5.74, 6) is 0.978. The topological polar surface area (TPSA) is 71.7 Å². The number of hydrogen-bond donors (Lipinski definition) is 1. The summed E-state index contributed by atoms with van der Waals surface area (Å²) in [4.78, 5) is 20.8. The van der Waals surface area contributed by atoms with Gasteiger partial charge in [0.25, 0.3) is 0 Å². The van der Waals surface area contributed by atoms with E-state index < -0.39 is 0 Å². The van der Waals surface area contributed by atoms with Gasteiger partial charge in [-0.3, -0.25) is 4.79 Å².